The molecule has 1 aromatic heterocycles. The van der Waals surface area contributed by atoms with E-state index in [1.807, 2.05) is 30.3 Å². The molecule has 1 N–H and O–H groups in total. The lowest BCUT2D eigenvalue weighted by Crippen LogP contribution is -1.77. The molecule has 0 saturated carbocycles. The molecule has 1 aromatic carbocycles. The van der Waals surface area contributed by atoms with Crippen LogP contribution in [0.2, 0.25) is 0 Å². The van der Waals surface area contributed by atoms with Crippen LogP contribution in [0.1, 0.15) is 0 Å². The molecule has 0 amide bonds. The third-order valence-corrected chi connectivity index (χ3v) is 2.06. The molecule has 0 radical (unpaired) electrons. The largest absolute Gasteiger partial charge is 0.749 e. The zero-order valence-corrected chi connectivity index (χ0v) is 8.42. The monoisotopic (exact) mass is 224 g/mol. The van der Waals surface area contributed by atoms with Crippen molar-refractivity contribution in [3.63, 3.8) is 0 Å². The van der Waals surface area contributed by atoms with Crippen LogP contribution in [0, 0.1) is 0 Å². The number of hydrogen-bond donors (Lipinski definition) is 1. The summed E-state index contributed by atoms with van der Waals surface area (Å²) in [5, 5.41) is 3.49. The lowest BCUT2D eigenvalue weighted by atomic mass is 10.2. The van der Waals surface area contributed by atoms with Gasteiger partial charge in [0.1, 0.15) is 0 Å². The first-order valence-corrected chi connectivity index (χ1v) is 5.25. The number of hydrogen-bond acceptors (Lipinski definition) is 4. The van der Waals surface area contributed by atoms with Gasteiger partial charge in [0.15, 0.2) is 5.76 Å². The van der Waals surface area contributed by atoms with Crippen molar-refractivity contribution in [1.29, 1.82) is 0 Å². The molecule has 5 nitrogen and oxygen atoms in total. The van der Waals surface area contributed by atoms with Crippen LogP contribution in [0.5, 0.6) is 5.88 Å². The number of rotatable bonds is 3. The van der Waals surface area contributed by atoms with Gasteiger partial charge in [0.25, 0.3) is 0 Å². The molecule has 0 aliphatic carbocycles. The van der Waals surface area contributed by atoms with Crippen molar-refractivity contribution >= 4 is 8.25 Å². The Morgan fingerprint density at radius 2 is 2.07 bits per heavy atom. The first-order chi connectivity index (χ1) is 7.25. The summed E-state index contributed by atoms with van der Waals surface area (Å²) in [5.74, 6) is 0.486. The molecule has 2 rings (SSSR count). The molecule has 0 spiro atoms. The van der Waals surface area contributed by atoms with Gasteiger partial charge < -0.3 is 4.52 Å². The van der Waals surface area contributed by atoms with E-state index in [9.17, 15) is 4.57 Å². The van der Waals surface area contributed by atoms with Gasteiger partial charge in [-0.15, -0.1) is 4.89 Å². The van der Waals surface area contributed by atoms with Gasteiger partial charge in [-0.1, -0.05) is 30.3 Å². The lowest BCUT2D eigenvalue weighted by molar-refractivity contribution is 0.367. The molecule has 1 heterocycles. The normalized spacial score (nSPS) is 11.1. The molecule has 0 fully saturated rings. The minimum Gasteiger partial charge on any atom is -0.352 e. The average molecular weight is 224 g/mol. The standard InChI is InChI=1S/C9H6NO4P/c11-15(12)14-9-6-8(13-10-9)7-4-2-1-3-5-7/h1-6H/p+1. The van der Waals surface area contributed by atoms with Gasteiger partial charge >= 0.3 is 14.1 Å². The van der Waals surface area contributed by atoms with Crippen LogP contribution in [0.15, 0.2) is 40.9 Å². The van der Waals surface area contributed by atoms with Crippen molar-refractivity contribution in [2.45, 2.75) is 0 Å². The Morgan fingerprint density at radius 3 is 2.73 bits per heavy atom. The zero-order chi connectivity index (χ0) is 10.7. The van der Waals surface area contributed by atoms with Gasteiger partial charge in [-0.2, -0.15) is 0 Å². The summed E-state index contributed by atoms with van der Waals surface area (Å²) in [6.07, 6.45) is 0. The maximum Gasteiger partial charge on any atom is 0.749 e. The summed E-state index contributed by atoms with van der Waals surface area (Å²) in [6.45, 7) is 0. The Balaban J connectivity index is 2.24. The highest BCUT2D eigenvalue weighted by Gasteiger charge is 2.18. The molecule has 2 aromatic rings. The highest BCUT2D eigenvalue weighted by atomic mass is 31.1. The average Bonchev–Trinajstić information content (AvgIpc) is 2.67. The topological polar surface area (TPSA) is 72.6 Å². The lowest BCUT2D eigenvalue weighted by Gasteiger charge is -1.90. The maximum absolute atomic E-state index is 10.4. The Hall–Kier alpha value is -1.71. The summed E-state index contributed by atoms with van der Waals surface area (Å²) < 4.78 is 19.8. The molecular weight excluding hydrogens is 217 g/mol. The van der Waals surface area contributed by atoms with E-state index in [4.69, 9.17) is 9.42 Å². The van der Waals surface area contributed by atoms with Gasteiger partial charge in [0.2, 0.25) is 0 Å². The SMILES string of the molecule is O=[P+](O)Oc1cc(-c2ccccc2)on1. The minimum absolute atomic E-state index is 0.00235. The molecule has 76 valence electrons. The summed E-state index contributed by atoms with van der Waals surface area (Å²) in [6, 6.07) is 10.7. The van der Waals surface area contributed by atoms with E-state index in [1.54, 1.807) is 0 Å². The Bertz CT molecular complexity index is 468. The fraction of sp³-hybridized carbons (Fsp3) is 0. The Morgan fingerprint density at radius 1 is 1.33 bits per heavy atom. The Kier molecular flexibility index (Phi) is 2.76. The van der Waals surface area contributed by atoms with Gasteiger partial charge in [0.05, 0.1) is 6.07 Å². The smallest absolute Gasteiger partial charge is 0.352 e. The first-order valence-electron chi connectivity index (χ1n) is 4.12. The van der Waals surface area contributed by atoms with E-state index >= 15 is 0 Å². The van der Waals surface area contributed by atoms with Gasteiger partial charge in [0, 0.05) is 10.1 Å². The highest BCUT2D eigenvalue weighted by molar-refractivity contribution is 7.32. The molecule has 0 aliphatic rings. The van der Waals surface area contributed by atoms with E-state index in [-0.39, 0.29) is 5.88 Å². The predicted octanol–water partition coefficient (Wildman–Crippen LogP) is 2.37. The second-order valence-corrected chi connectivity index (χ2v) is 3.38. The van der Waals surface area contributed by atoms with E-state index in [1.165, 1.54) is 6.07 Å². The van der Waals surface area contributed by atoms with Crippen LogP contribution in [-0.2, 0) is 4.57 Å². The molecule has 0 bridgehead atoms. The fourth-order valence-corrected chi connectivity index (χ4v) is 1.37. The summed E-state index contributed by atoms with van der Waals surface area (Å²) >= 11 is 0. The van der Waals surface area contributed by atoms with Crippen LogP contribution in [0.25, 0.3) is 11.3 Å². The summed E-state index contributed by atoms with van der Waals surface area (Å²) in [4.78, 5) is 8.49. The fourth-order valence-electron chi connectivity index (χ4n) is 1.12. The van der Waals surface area contributed by atoms with Crippen LogP contribution in [0.4, 0.5) is 0 Å². The van der Waals surface area contributed by atoms with Crippen molar-refractivity contribution in [2.24, 2.45) is 0 Å². The number of benzene rings is 1. The number of aromatic nitrogens is 1. The highest BCUT2D eigenvalue weighted by Crippen LogP contribution is 2.27. The van der Waals surface area contributed by atoms with Gasteiger partial charge in [-0.05, 0) is 5.16 Å². The van der Waals surface area contributed by atoms with Crippen molar-refractivity contribution in [2.75, 3.05) is 0 Å². The Labute approximate surface area is 86.2 Å². The van der Waals surface area contributed by atoms with E-state index in [2.05, 4.69) is 9.68 Å². The summed E-state index contributed by atoms with van der Waals surface area (Å²) in [7, 11) is -2.70. The van der Waals surface area contributed by atoms with E-state index < -0.39 is 8.25 Å². The quantitative estimate of drug-likeness (QED) is 0.810. The molecular formula is C9H7NO4P+. The minimum atomic E-state index is -2.70. The van der Waals surface area contributed by atoms with E-state index in [0.29, 0.717) is 5.76 Å². The first kappa shape index (κ1) is 9.83. The van der Waals surface area contributed by atoms with Crippen LogP contribution in [0.3, 0.4) is 0 Å². The molecule has 0 aliphatic heterocycles. The van der Waals surface area contributed by atoms with Crippen molar-refractivity contribution in [3.05, 3.63) is 36.4 Å². The molecule has 0 saturated heterocycles. The maximum atomic E-state index is 10.4. The van der Waals surface area contributed by atoms with Crippen LogP contribution < -0.4 is 4.52 Å². The zero-order valence-electron chi connectivity index (χ0n) is 7.53. The van der Waals surface area contributed by atoms with Crippen LogP contribution in [-0.4, -0.2) is 10.1 Å². The van der Waals surface area contributed by atoms with Crippen molar-refractivity contribution in [3.8, 4) is 17.2 Å². The van der Waals surface area contributed by atoms with Crippen molar-refractivity contribution in [1.82, 2.24) is 5.16 Å². The molecule has 1 unspecified atom stereocenters. The van der Waals surface area contributed by atoms with Gasteiger partial charge in [-0.25, -0.2) is 4.52 Å². The third kappa shape index (κ3) is 2.40. The number of nitrogens with zero attached hydrogens (tertiary/aromatic N) is 1. The molecule has 15 heavy (non-hydrogen) atoms. The van der Waals surface area contributed by atoms with Crippen molar-refractivity contribution < 1.29 is 18.5 Å². The van der Waals surface area contributed by atoms with Crippen LogP contribution >= 0.6 is 8.25 Å². The molecule has 6 heteroatoms. The predicted molar refractivity (Wildman–Crippen MR) is 52.4 cm³/mol. The van der Waals surface area contributed by atoms with Gasteiger partial charge in [-0.3, -0.25) is 0 Å². The second kappa shape index (κ2) is 4.21. The summed E-state index contributed by atoms with van der Waals surface area (Å²) in [5.41, 5.74) is 0.827. The second-order valence-electron chi connectivity index (χ2n) is 2.72. The van der Waals surface area contributed by atoms with E-state index in [0.717, 1.165) is 5.56 Å². The molecule has 1 atom stereocenters. The third-order valence-electron chi connectivity index (χ3n) is 1.72.